The topological polar surface area (TPSA) is 59.1 Å². The van der Waals surface area contributed by atoms with Crippen LogP contribution in [0.5, 0.6) is 0 Å². The molecule has 0 spiro atoms. The molecule has 2 aromatic rings. The van der Waals surface area contributed by atoms with Gasteiger partial charge in [0.1, 0.15) is 0 Å². The lowest BCUT2D eigenvalue weighted by atomic mass is 10.2. The molecule has 2 unspecified atom stereocenters. The fourth-order valence-electron chi connectivity index (χ4n) is 3.17. The van der Waals surface area contributed by atoms with E-state index in [0.29, 0.717) is 0 Å². The molecular formula is C24H30F2N2O4. The molecule has 0 aliphatic heterocycles. The molecule has 0 heterocycles. The highest BCUT2D eigenvalue weighted by Crippen LogP contribution is 2.18. The van der Waals surface area contributed by atoms with Gasteiger partial charge in [-0.1, -0.05) is 36.4 Å². The third kappa shape index (κ3) is 7.83. The number of alkyl halides is 2. The Bertz CT molecular complexity index is 754. The summed E-state index contributed by atoms with van der Waals surface area (Å²) in [7, 11) is 0. The highest BCUT2D eigenvalue weighted by atomic mass is 19.1. The van der Waals surface area contributed by atoms with Crippen LogP contribution in [0.3, 0.4) is 0 Å². The molecule has 0 radical (unpaired) electrons. The summed E-state index contributed by atoms with van der Waals surface area (Å²) in [5, 5.41) is 0. The smallest absolute Gasteiger partial charge is 0.342 e. The molecular weight excluding hydrogens is 418 g/mol. The zero-order valence-electron chi connectivity index (χ0n) is 18.5. The molecule has 0 saturated carbocycles. The summed E-state index contributed by atoms with van der Waals surface area (Å²) in [5.74, 6) is -1.83. The summed E-state index contributed by atoms with van der Waals surface area (Å²) in [6, 6.07) is 18.2. The Morgan fingerprint density at radius 3 is 1.38 bits per heavy atom. The van der Waals surface area contributed by atoms with Gasteiger partial charge in [-0.25, -0.2) is 18.4 Å². The summed E-state index contributed by atoms with van der Waals surface area (Å²) in [6.07, 6.45) is -3.65. The van der Waals surface area contributed by atoms with Gasteiger partial charge in [0.05, 0.1) is 26.3 Å². The van der Waals surface area contributed by atoms with Gasteiger partial charge in [-0.3, -0.25) is 0 Å². The Morgan fingerprint density at radius 2 is 1.06 bits per heavy atom. The van der Waals surface area contributed by atoms with E-state index < -0.39 is 24.3 Å². The van der Waals surface area contributed by atoms with Crippen LogP contribution in [0.1, 0.15) is 13.8 Å². The van der Waals surface area contributed by atoms with Crippen LogP contribution in [0.4, 0.5) is 20.2 Å². The van der Waals surface area contributed by atoms with Crippen LogP contribution in [0.2, 0.25) is 0 Å². The van der Waals surface area contributed by atoms with Gasteiger partial charge in [-0.05, 0) is 38.1 Å². The van der Waals surface area contributed by atoms with Gasteiger partial charge in [-0.15, -0.1) is 0 Å². The van der Waals surface area contributed by atoms with Gasteiger partial charge in [0.25, 0.3) is 0 Å². The Labute approximate surface area is 187 Å². The van der Waals surface area contributed by atoms with E-state index in [4.69, 9.17) is 9.47 Å². The first kappa shape index (κ1) is 25.1. The van der Waals surface area contributed by atoms with E-state index in [9.17, 15) is 18.4 Å². The molecule has 0 bridgehead atoms. The Balaban J connectivity index is 2.17. The van der Waals surface area contributed by atoms with Crippen LogP contribution in [0, 0.1) is 0 Å². The Morgan fingerprint density at radius 1 is 0.719 bits per heavy atom. The number of hydrogen-bond acceptors (Lipinski definition) is 6. The molecule has 0 aromatic heterocycles. The second-order valence-electron chi connectivity index (χ2n) is 7.00. The minimum Gasteiger partial charge on any atom is -0.464 e. The molecule has 0 saturated heterocycles. The van der Waals surface area contributed by atoms with Crippen molar-refractivity contribution in [1.29, 1.82) is 0 Å². The van der Waals surface area contributed by atoms with Crippen molar-refractivity contribution < 1.29 is 27.8 Å². The normalized spacial score (nSPS) is 12.5. The molecule has 0 amide bonds. The van der Waals surface area contributed by atoms with Crippen molar-refractivity contribution in [3.63, 3.8) is 0 Å². The predicted octanol–water partition coefficient (Wildman–Crippen LogP) is 3.80. The van der Waals surface area contributed by atoms with Crippen molar-refractivity contribution in [3.05, 3.63) is 60.7 Å². The highest BCUT2D eigenvalue weighted by molar-refractivity contribution is 5.76. The minimum atomic E-state index is -1.83. The first-order valence-electron chi connectivity index (χ1n) is 10.7. The molecule has 2 aromatic carbocycles. The quantitative estimate of drug-likeness (QED) is 0.435. The number of benzene rings is 2. The summed E-state index contributed by atoms with van der Waals surface area (Å²) in [4.78, 5) is 27.0. The van der Waals surface area contributed by atoms with Gasteiger partial charge >= 0.3 is 11.9 Å². The number of carbonyl (C=O) groups is 2. The van der Waals surface area contributed by atoms with E-state index in [1.165, 1.54) is 0 Å². The molecule has 6 nitrogen and oxygen atoms in total. The molecule has 0 aliphatic rings. The summed E-state index contributed by atoms with van der Waals surface area (Å²) in [6.45, 7) is 3.59. The lowest BCUT2D eigenvalue weighted by Gasteiger charge is -2.31. The minimum absolute atomic E-state index is 0.0954. The predicted molar refractivity (Wildman–Crippen MR) is 120 cm³/mol. The van der Waals surface area contributed by atoms with Crippen LogP contribution >= 0.6 is 0 Å². The summed E-state index contributed by atoms with van der Waals surface area (Å²) >= 11 is 0. The average Bonchev–Trinajstić information content (AvgIpc) is 2.81. The summed E-state index contributed by atoms with van der Waals surface area (Å²) in [5.41, 5.74) is 1.43. The number of rotatable bonds is 13. The Kier molecular flexibility index (Phi) is 10.4. The first-order valence-corrected chi connectivity index (χ1v) is 10.7. The van der Waals surface area contributed by atoms with Crippen molar-refractivity contribution in [1.82, 2.24) is 0 Å². The van der Waals surface area contributed by atoms with Crippen LogP contribution in [-0.2, 0) is 19.1 Å². The zero-order chi connectivity index (χ0) is 23.3. The van der Waals surface area contributed by atoms with E-state index in [2.05, 4.69) is 0 Å². The monoisotopic (exact) mass is 448 g/mol. The molecule has 2 rings (SSSR count). The van der Waals surface area contributed by atoms with E-state index >= 15 is 0 Å². The lowest BCUT2D eigenvalue weighted by Crippen LogP contribution is -2.43. The third-order valence-electron chi connectivity index (χ3n) is 4.73. The maximum Gasteiger partial charge on any atom is 0.342 e. The SMILES string of the molecule is CCOC(=O)C(F)CN(CCN(CC(F)C(=O)OCC)c1ccccc1)c1ccccc1. The third-order valence-corrected chi connectivity index (χ3v) is 4.73. The number of para-hydroxylation sites is 2. The molecule has 8 heteroatoms. The second kappa shape index (κ2) is 13.3. The molecule has 174 valence electrons. The van der Waals surface area contributed by atoms with Crippen molar-refractivity contribution in [3.8, 4) is 0 Å². The van der Waals surface area contributed by atoms with Crippen LogP contribution in [-0.4, -0.2) is 63.7 Å². The van der Waals surface area contributed by atoms with E-state index in [1.54, 1.807) is 47.9 Å². The molecule has 0 N–H and O–H groups in total. The van der Waals surface area contributed by atoms with Crippen molar-refractivity contribution in [2.24, 2.45) is 0 Å². The second-order valence-corrected chi connectivity index (χ2v) is 7.00. The van der Waals surface area contributed by atoms with Crippen molar-refractivity contribution >= 4 is 23.3 Å². The number of carbonyl (C=O) groups excluding carboxylic acids is 2. The number of ether oxygens (including phenoxy) is 2. The van der Waals surface area contributed by atoms with Crippen LogP contribution in [0.25, 0.3) is 0 Å². The van der Waals surface area contributed by atoms with E-state index in [-0.39, 0.29) is 39.4 Å². The molecule has 0 fully saturated rings. The summed E-state index contributed by atoms with van der Waals surface area (Å²) < 4.78 is 38.6. The van der Waals surface area contributed by atoms with Gasteiger partial charge in [0, 0.05) is 24.5 Å². The largest absolute Gasteiger partial charge is 0.464 e. The molecule has 32 heavy (non-hydrogen) atoms. The van der Waals surface area contributed by atoms with E-state index in [1.807, 2.05) is 36.4 Å². The maximum absolute atomic E-state index is 14.5. The van der Waals surface area contributed by atoms with Crippen LogP contribution in [0.15, 0.2) is 60.7 Å². The van der Waals surface area contributed by atoms with Gasteiger partial charge in [0.15, 0.2) is 0 Å². The fourth-order valence-corrected chi connectivity index (χ4v) is 3.17. The van der Waals surface area contributed by atoms with Crippen molar-refractivity contribution in [2.75, 3.05) is 49.2 Å². The number of nitrogens with zero attached hydrogens (tertiary/aromatic N) is 2. The maximum atomic E-state index is 14.5. The number of esters is 2. The first-order chi connectivity index (χ1) is 15.5. The van der Waals surface area contributed by atoms with Crippen molar-refractivity contribution in [2.45, 2.75) is 26.2 Å². The number of hydrogen-bond donors (Lipinski definition) is 0. The lowest BCUT2D eigenvalue weighted by molar-refractivity contribution is -0.149. The fraction of sp³-hybridized carbons (Fsp3) is 0.417. The highest BCUT2D eigenvalue weighted by Gasteiger charge is 2.25. The average molecular weight is 449 g/mol. The van der Waals surface area contributed by atoms with Gasteiger partial charge in [-0.2, -0.15) is 0 Å². The standard InChI is InChI=1S/C24H30F2N2O4/c1-3-31-23(29)21(25)17-27(19-11-7-5-8-12-19)15-16-28(20-13-9-6-10-14-20)18-22(26)24(30)32-4-2/h5-14,21-22H,3-4,15-18H2,1-2H3. The number of halogens is 2. The van der Waals surface area contributed by atoms with Gasteiger partial charge in [0.2, 0.25) is 12.3 Å². The molecule has 0 aliphatic carbocycles. The van der Waals surface area contributed by atoms with Crippen LogP contribution < -0.4 is 9.80 Å². The van der Waals surface area contributed by atoms with E-state index in [0.717, 1.165) is 11.4 Å². The zero-order valence-corrected chi connectivity index (χ0v) is 18.5. The molecule has 2 atom stereocenters. The Hall–Kier alpha value is -3.16. The number of anilines is 2. The van der Waals surface area contributed by atoms with Gasteiger partial charge < -0.3 is 19.3 Å².